The maximum atomic E-state index is 4.92. The van der Waals surface area contributed by atoms with E-state index < -0.39 is 0 Å². The standard InChI is InChI=1S/C43H28N2/c1-3-11-29(12-4-1)33-22-24-39-37(27-33)35-17-7-8-18-36(35)38-28-34(30-13-5-2-6-14-30)23-25-40(38)45(39)41-19-9-15-31-20-21-32-16-10-26-44-43(32)42(31)41/h1-28H. The Labute approximate surface area is 262 Å². The molecule has 210 valence electrons. The zero-order chi connectivity index (χ0) is 29.7. The largest absolute Gasteiger partial charge is 0.309 e. The summed E-state index contributed by atoms with van der Waals surface area (Å²) in [6, 6.07) is 59.2. The highest BCUT2D eigenvalue weighted by molar-refractivity contribution is 6.15. The predicted molar refractivity (Wildman–Crippen MR) is 189 cm³/mol. The van der Waals surface area contributed by atoms with Gasteiger partial charge in [-0.1, -0.05) is 127 Å². The Bertz CT molecular complexity index is 2270. The van der Waals surface area contributed by atoms with Crippen LogP contribution < -0.4 is 4.90 Å². The van der Waals surface area contributed by atoms with Crippen LogP contribution in [-0.2, 0) is 0 Å². The van der Waals surface area contributed by atoms with Crippen molar-refractivity contribution in [3.05, 3.63) is 170 Å². The van der Waals surface area contributed by atoms with Crippen LogP contribution in [0.4, 0.5) is 17.1 Å². The van der Waals surface area contributed by atoms with Gasteiger partial charge in [0.1, 0.15) is 0 Å². The maximum absolute atomic E-state index is 4.92. The van der Waals surface area contributed by atoms with Gasteiger partial charge < -0.3 is 4.90 Å². The lowest BCUT2D eigenvalue weighted by atomic mass is 9.91. The summed E-state index contributed by atoms with van der Waals surface area (Å²) in [4.78, 5) is 7.38. The molecule has 1 aromatic heterocycles. The van der Waals surface area contributed by atoms with Crippen molar-refractivity contribution in [1.82, 2.24) is 4.98 Å². The topological polar surface area (TPSA) is 16.1 Å². The van der Waals surface area contributed by atoms with E-state index in [1.54, 1.807) is 0 Å². The van der Waals surface area contributed by atoms with Gasteiger partial charge in [-0.2, -0.15) is 0 Å². The highest BCUT2D eigenvalue weighted by Gasteiger charge is 2.28. The first-order chi connectivity index (χ1) is 22.3. The zero-order valence-corrected chi connectivity index (χ0v) is 24.6. The molecule has 2 heterocycles. The summed E-state index contributed by atoms with van der Waals surface area (Å²) in [5, 5.41) is 3.46. The number of pyridine rings is 1. The van der Waals surface area contributed by atoms with Gasteiger partial charge in [0.25, 0.3) is 0 Å². The van der Waals surface area contributed by atoms with Crippen LogP contribution in [0.15, 0.2) is 170 Å². The van der Waals surface area contributed by atoms with Crippen molar-refractivity contribution in [3.8, 4) is 44.5 Å². The van der Waals surface area contributed by atoms with Gasteiger partial charge in [-0.15, -0.1) is 0 Å². The van der Waals surface area contributed by atoms with Gasteiger partial charge in [0.15, 0.2) is 0 Å². The third-order valence-corrected chi connectivity index (χ3v) is 9.03. The van der Waals surface area contributed by atoms with Crippen LogP contribution in [0.1, 0.15) is 0 Å². The Hall–Kier alpha value is -5.99. The molecule has 1 aliphatic rings. The normalized spacial score (nSPS) is 12.0. The number of rotatable bonds is 3. The molecule has 0 bridgehead atoms. The number of aromatic nitrogens is 1. The molecule has 0 amide bonds. The molecule has 0 saturated heterocycles. The smallest absolute Gasteiger partial charge is 0.0801 e. The second-order valence-corrected chi connectivity index (χ2v) is 11.6. The van der Waals surface area contributed by atoms with E-state index in [2.05, 4.69) is 163 Å². The van der Waals surface area contributed by atoms with E-state index in [1.165, 1.54) is 49.9 Å². The summed E-state index contributed by atoms with van der Waals surface area (Å²) in [6.07, 6.45) is 1.90. The van der Waals surface area contributed by atoms with Gasteiger partial charge in [0.2, 0.25) is 0 Å². The number of anilines is 3. The van der Waals surface area contributed by atoms with Crippen LogP contribution in [0.2, 0.25) is 0 Å². The van der Waals surface area contributed by atoms with Gasteiger partial charge in [-0.3, -0.25) is 4.98 Å². The number of benzene rings is 7. The molecule has 7 aromatic carbocycles. The minimum absolute atomic E-state index is 1.01. The summed E-state index contributed by atoms with van der Waals surface area (Å²) in [5.74, 6) is 0. The molecule has 2 heteroatoms. The lowest BCUT2D eigenvalue weighted by Gasteiger charge is -2.29. The SMILES string of the molecule is c1ccc(-c2ccc3c(c2)-c2ccccc2-c2cc(-c4ccccc4)ccc2N3c2cccc3ccc4cccnc4c23)cc1. The molecule has 0 N–H and O–H groups in total. The number of fused-ring (bicyclic) bond motifs is 8. The minimum atomic E-state index is 1.01. The lowest BCUT2D eigenvalue weighted by molar-refractivity contribution is 1.31. The molecule has 0 radical (unpaired) electrons. The summed E-state index contributed by atoms with van der Waals surface area (Å²) in [5.41, 5.74) is 14.1. The van der Waals surface area contributed by atoms with E-state index in [0.29, 0.717) is 0 Å². The van der Waals surface area contributed by atoms with Crippen molar-refractivity contribution in [2.45, 2.75) is 0 Å². The third-order valence-electron chi connectivity index (χ3n) is 9.03. The van der Waals surface area contributed by atoms with Crippen LogP contribution in [-0.4, -0.2) is 4.98 Å². The average Bonchev–Trinajstić information content (AvgIpc) is 3.24. The first-order valence-corrected chi connectivity index (χ1v) is 15.4. The zero-order valence-electron chi connectivity index (χ0n) is 24.6. The van der Waals surface area contributed by atoms with Gasteiger partial charge >= 0.3 is 0 Å². The van der Waals surface area contributed by atoms with Crippen molar-refractivity contribution in [1.29, 1.82) is 0 Å². The highest BCUT2D eigenvalue weighted by Crippen LogP contribution is 2.53. The first kappa shape index (κ1) is 25.5. The fourth-order valence-corrected chi connectivity index (χ4v) is 6.94. The molecular weight excluding hydrogens is 544 g/mol. The van der Waals surface area contributed by atoms with Crippen molar-refractivity contribution in [2.24, 2.45) is 0 Å². The molecule has 0 aliphatic carbocycles. The van der Waals surface area contributed by atoms with E-state index in [-0.39, 0.29) is 0 Å². The molecule has 2 nitrogen and oxygen atoms in total. The molecule has 0 saturated carbocycles. The monoisotopic (exact) mass is 572 g/mol. The van der Waals surface area contributed by atoms with Gasteiger partial charge in [-0.05, 0) is 75.2 Å². The third kappa shape index (κ3) is 4.15. The Morgan fingerprint density at radius 1 is 0.356 bits per heavy atom. The van der Waals surface area contributed by atoms with Crippen molar-refractivity contribution in [2.75, 3.05) is 4.90 Å². The predicted octanol–water partition coefficient (Wildman–Crippen LogP) is 11.8. The number of hydrogen-bond acceptors (Lipinski definition) is 2. The average molecular weight is 573 g/mol. The second kappa shape index (κ2) is 10.3. The van der Waals surface area contributed by atoms with Crippen LogP contribution in [0.5, 0.6) is 0 Å². The molecule has 0 atom stereocenters. The minimum Gasteiger partial charge on any atom is -0.309 e. The summed E-state index contributed by atoms with van der Waals surface area (Å²) in [6.45, 7) is 0. The van der Waals surface area contributed by atoms with E-state index in [9.17, 15) is 0 Å². The maximum Gasteiger partial charge on any atom is 0.0801 e. The molecule has 0 unspecified atom stereocenters. The van der Waals surface area contributed by atoms with E-state index >= 15 is 0 Å². The highest BCUT2D eigenvalue weighted by atomic mass is 15.2. The Morgan fingerprint density at radius 3 is 1.53 bits per heavy atom. The van der Waals surface area contributed by atoms with Gasteiger partial charge in [0.05, 0.1) is 22.6 Å². The molecule has 0 spiro atoms. The fourth-order valence-electron chi connectivity index (χ4n) is 6.94. The van der Waals surface area contributed by atoms with Gasteiger partial charge in [0, 0.05) is 28.1 Å². The molecule has 9 rings (SSSR count). The van der Waals surface area contributed by atoms with E-state index in [1.807, 2.05) is 12.3 Å². The van der Waals surface area contributed by atoms with Crippen molar-refractivity contribution < 1.29 is 0 Å². The van der Waals surface area contributed by atoms with E-state index in [0.717, 1.165) is 33.4 Å². The Balaban J connectivity index is 1.40. The molecule has 1 aliphatic heterocycles. The quantitative estimate of drug-likeness (QED) is 0.196. The molecule has 8 aromatic rings. The van der Waals surface area contributed by atoms with Gasteiger partial charge in [-0.25, -0.2) is 0 Å². The van der Waals surface area contributed by atoms with Crippen LogP contribution in [0.25, 0.3) is 66.2 Å². The van der Waals surface area contributed by atoms with Crippen molar-refractivity contribution in [3.63, 3.8) is 0 Å². The second-order valence-electron chi connectivity index (χ2n) is 11.6. The lowest BCUT2D eigenvalue weighted by Crippen LogP contribution is -2.12. The molecular formula is C43H28N2. The summed E-state index contributed by atoms with van der Waals surface area (Å²) in [7, 11) is 0. The molecule has 0 fully saturated rings. The Kier molecular flexibility index (Phi) is 5.85. The summed E-state index contributed by atoms with van der Waals surface area (Å²) < 4.78 is 0. The van der Waals surface area contributed by atoms with Crippen LogP contribution in [0.3, 0.4) is 0 Å². The van der Waals surface area contributed by atoms with Crippen molar-refractivity contribution >= 4 is 38.7 Å². The number of nitrogens with zero attached hydrogens (tertiary/aromatic N) is 2. The van der Waals surface area contributed by atoms with Crippen LogP contribution in [0, 0.1) is 0 Å². The Morgan fingerprint density at radius 2 is 0.911 bits per heavy atom. The molecule has 45 heavy (non-hydrogen) atoms. The van der Waals surface area contributed by atoms with E-state index in [4.69, 9.17) is 4.98 Å². The fraction of sp³-hybridized carbons (Fsp3) is 0. The first-order valence-electron chi connectivity index (χ1n) is 15.4. The summed E-state index contributed by atoms with van der Waals surface area (Å²) >= 11 is 0. The number of hydrogen-bond donors (Lipinski definition) is 0. The van der Waals surface area contributed by atoms with Crippen LogP contribution >= 0.6 is 0 Å².